The summed E-state index contributed by atoms with van der Waals surface area (Å²) in [4.78, 5) is 18.0. The number of carbonyl (C=O) groups excluding carboxylic acids is 1. The van der Waals surface area contributed by atoms with Gasteiger partial charge < -0.3 is 19.2 Å². The van der Waals surface area contributed by atoms with Crippen LogP contribution in [0.3, 0.4) is 0 Å². The molecule has 1 fully saturated rings. The van der Waals surface area contributed by atoms with Crippen LogP contribution in [0, 0.1) is 5.82 Å². The summed E-state index contributed by atoms with van der Waals surface area (Å²) >= 11 is 5.87. The minimum absolute atomic E-state index is 0.0404. The van der Waals surface area contributed by atoms with E-state index in [-0.39, 0.29) is 29.1 Å². The van der Waals surface area contributed by atoms with Crippen molar-refractivity contribution in [2.24, 2.45) is 0 Å². The zero-order valence-corrected chi connectivity index (χ0v) is 13.5. The van der Waals surface area contributed by atoms with Crippen molar-refractivity contribution in [1.82, 2.24) is 9.88 Å². The van der Waals surface area contributed by atoms with Gasteiger partial charge in [-0.3, -0.25) is 4.79 Å². The Labute approximate surface area is 142 Å². The number of amides is 1. The third-order valence-electron chi connectivity index (χ3n) is 3.70. The predicted molar refractivity (Wildman–Crippen MR) is 83.4 cm³/mol. The number of aliphatic hydroxyl groups excluding tert-OH is 1. The molecule has 2 aromatic rings. The number of aromatic nitrogens is 1. The first-order valence-corrected chi connectivity index (χ1v) is 7.90. The third kappa shape index (κ3) is 3.85. The summed E-state index contributed by atoms with van der Waals surface area (Å²) in [6.45, 7) is 0.837. The highest BCUT2D eigenvalue weighted by Gasteiger charge is 2.25. The Balaban J connectivity index is 1.62. The van der Waals surface area contributed by atoms with E-state index in [9.17, 15) is 14.3 Å². The summed E-state index contributed by atoms with van der Waals surface area (Å²) in [7, 11) is 0. The fraction of sp³-hybridized carbons (Fsp3) is 0.375. The van der Waals surface area contributed by atoms with E-state index in [0.29, 0.717) is 25.3 Å². The fourth-order valence-corrected chi connectivity index (χ4v) is 2.73. The zero-order chi connectivity index (χ0) is 17.1. The van der Waals surface area contributed by atoms with Gasteiger partial charge in [-0.2, -0.15) is 0 Å². The number of likely N-dealkylation sites (tertiary alicyclic amines) is 1. The molecule has 0 unspecified atom stereocenters. The van der Waals surface area contributed by atoms with Crippen LogP contribution < -0.4 is 4.74 Å². The number of hydrogen-bond acceptors (Lipinski definition) is 5. The van der Waals surface area contributed by atoms with Crippen molar-refractivity contribution in [3.63, 3.8) is 0 Å². The molecule has 1 N–H and O–H groups in total. The Kier molecular flexibility index (Phi) is 5.01. The van der Waals surface area contributed by atoms with Crippen LogP contribution in [0.2, 0.25) is 5.02 Å². The van der Waals surface area contributed by atoms with Gasteiger partial charge in [0.15, 0.2) is 12.3 Å². The number of carbonyl (C=O) groups is 1. The molecule has 1 atom stereocenters. The van der Waals surface area contributed by atoms with Crippen LogP contribution in [0.15, 0.2) is 28.9 Å². The van der Waals surface area contributed by atoms with E-state index in [1.165, 1.54) is 18.4 Å². The van der Waals surface area contributed by atoms with Crippen molar-refractivity contribution < 1.29 is 23.4 Å². The van der Waals surface area contributed by atoms with Crippen LogP contribution in [-0.4, -0.2) is 40.1 Å². The number of benzene rings is 1. The number of rotatable bonds is 4. The lowest BCUT2D eigenvalue weighted by atomic mass is 10.1. The number of hydrogen-bond donors (Lipinski definition) is 1. The molecular formula is C16H16ClFN2O4. The molecule has 0 bridgehead atoms. The Morgan fingerprint density at radius 2 is 2.38 bits per heavy atom. The van der Waals surface area contributed by atoms with Crippen molar-refractivity contribution in [2.75, 3.05) is 13.1 Å². The topological polar surface area (TPSA) is 75.8 Å². The van der Waals surface area contributed by atoms with Crippen LogP contribution in [-0.2, 0) is 6.61 Å². The molecule has 2 heterocycles. The van der Waals surface area contributed by atoms with Gasteiger partial charge in [0.25, 0.3) is 5.91 Å². The first-order chi connectivity index (χ1) is 11.5. The molecule has 6 nitrogen and oxygen atoms in total. The van der Waals surface area contributed by atoms with Crippen LogP contribution in [0.5, 0.6) is 5.75 Å². The van der Waals surface area contributed by atoms with Crippen LogP contribution >= 0.6 is 11.6 Å². The van der Waals surface area contributed by atoms with Gasteiger partial charge >= 0.3 is 0 Å². The van der Waals surface area contributed by atoms with Gasteiger partial charge in [0.2, 0.25) is 5.89 Å². The summed E-state index contributed by atoms with van der Waals surface area (Å²) in [5.41, 5.74) is 0.160. The van der Waals surface area contributed by atoms with Gasteiger partial charge in [-0.25, -0.2) is 9.37 Å². The molecule has 0 saturated carbocycles. The average Bonchev–Trinajstić information content (AvgIpc) is 3.02. The number of β-amino-alcohol motifs (C(OH)–C–C–N with tert-alkyl or cyclic N) is 1. The van der Waals surface area contributed by atoms with E-state index in [1.54, 1.807) is 4.90 Å². The first-order valence-electron chi connectivity index (χ1n) is 7.52. The normalized spacial score (nSPS) is 17.8. The summed E-state index contributed by atoms with van der Waals surface area (Å²) < 4.78 is 23.6. The van der Waals surface area contributed by atoms with Crippen molar-refractivity contribution in [2.45, 2.75) is 25.6 Å². The maximum absolute atomic E-state index is 13.0. The fourth-order valence-electron chi connectivity index (χ4n) is 2.51. The number of piperidine rings is 1. The predicted octanol–water partition coefficient (Wildman–Crippen LogP) is 2.64. The first kappa shape index (κ1) is 16.7. The number of halogens is 2. The summed E-state index contributed by atoms with van der Waals surface area (Å²) in [5.74, 6) is -0.247. The van der Waals surface area contributed by atoms with E-state index in [0.717, 1.165) is 12.5 Å². The molecule has 1 saturated heterocycles. The second-order valence-corrected chi connectivity index (χ2v) is 5.94. The standard InChI is InChI=1S/C16H16ClFN2O4/c17-12-6-10(18)3-4-14(12)23-9-15-19-13(8-24-15)16(22)20-5-1-2-11(21)7-20/h3-4,6,8,11,21H,1-2,5,7,9H2/t11-/m1/s1. The maximum atomic E-state index is 13.0. The number of aliphatic hydroxyl groups is 1. The maximum Gasteiger partial charge on any atom is 0.275 e. The number of oxazole rings is 1. The second-order valence-electron chi connectivity index (χ2n) is 5.54. The van der Waals surface area contributed by atoms with E-state index in [1.807, 2.05) is 0 Å². The van der Waals surface area contributed by atoms with Crippen molar-refractivity contribution in [3.05, 3.63) is 46.9 Å². The molecule has 3 rings (SSSR count). The largest absolute Gasteiger partial charge is 0.482 e. The minimum atomic E-state index is -0.502. The minimum Gasteiger partial charge on any atom is -0.482 e. The third-order valence-corrected chi connectivity index (χ3v) is 4.00. The van der Waals surface area contributed by atoms with Gasteiger partial charge in [-0.15, -0.1) is 0 Å². The van der Waals surface area contributed by atoms with E-state index in [4.69, 9.17) is 20.8 Å². The van der Waals surface area contributed by atoms with Crippen LogP contribution in [0.25, 0.3) is 0 Å². The highest BCUT2D eigenvalue weighted by atomic mass is 35.5. The Bertz CT molecular complexity index is 737. The molecule has 0 aliphatic carbocycles. The molecule has 1 aliphatic heterocycles. The van der Waals surface area contributed by atoms with E-state index < -0.39 is 11.9 Å². The molecule has 1 aromatic heterocycles. The summed E-state index contributed by atoms with van der Waals surface area (Å²) in [6, 6.07) is 3.78. The molecule has 8 heteroatoms. The molecule has 1 aliphatic rings. The zero-order valence-electron chi connectivity index (χ0n) is 12.7. The molecule has 1 aromatic carbocycles. The average molecular weight is 355 g/mol. The number of ether oxygens (including phenoxy) is 1. The lowest BCUT2D eigenvalue weighted by molar-refractivity contribution is 0.0469. The van der Waals surface area contributed by atoms with E-state index in [2.05, 4.69) is 4.98 Å². The quantitative estimate of drug-likeness (QED) is 0.913. The van der Waals surface area contributed by atoms with E-state index >= 15 is 0 Å². The van der Waals surface area contributed by atoms with Crippen LogP contribution in [0.4, 0.5) is 4.39 Å². The van der Waals surface area contributed by atoms with Gasteiger partial charge in [0.05, 0.1) is 11.1 Å². The lowest BCUT2D eigenvalue weighted by Gasteiger charge is -2.29. The number of nitrogens with zero attached hydrogens (tertiary/aromatic N) is 2. The van der Waals surface area contributed by atoms with Gasteiger partial charge in [0, 0.05) is 13.1 Å². The highest BCUT2D eigenvalue weighted by Crippen LogP contribution is 2.25. The molecule has 24 heavy (non-hydrogen) atoms. The smallest absolute Gasteiger partial charge is 0.275 e. The van der Waals surface area contributed by atoms with Gasteiger partial charge in [-0.05, 0) is 31.0 Å². The SMILES string of the molecule is O=C(c1coc(COc2ccc(F)cc2Cl)n1)N1CCC[C@@H](O)C1. The lowest BCUT2D eigenvalue weighted by Crippen LogP contribution is -2.42. The molecule has 0 spiro atoms. The molecule has 1 amide bonds. The van der Waals surface area contributed by atoms with Gasteiger partial charge in [-0.1, -0.05) is 11.6 Å². The van der Waals surface area contributed by atoms with Crippen molar-refractivity contribution in [1.29, 1.82) is 0 Å². The Morgan fingerprint density at radius 3 is 3.12 bits per heavy atom. The molecular weight excluding hydrogens is 339 g/mol. The molecule has 0 radical (unpaired) electrons. The van der Waals surface area contributed by atoms with Crippen molar-refractivity contribution in [3.8, 4) is 5.75 Å². The van der Waals surface area contributed by atoms with Crippen molar-refractivity contribution >= 4 is 17.5 Å². The monoisotopic (exact) mass is 354 g/mol. The van der Waals surface area contributed by atoms with Gasteiger partial charge in [0.1, 0.15) is 17.8 Å². The summed E-state index contributed by atoms with van der Waals surface area (Å²) in [6.07, 6.45) is 2.20. The Morgan fingerprint density at radius 1 is 1.54 bits per heavy atom. The highest BCUT2D eigenvalue weighted by molar-refractivity contribution is 6.32. The summed E-state index contributed by atoms with van der Waals surface area (Å²) in [5, 5.41) is 9.78. The second kappa shape index (κ2) is 7.19. The molecule has 128 valence electrons. The van der Waals surface area contributed by atoms with Crippen LogP contribution in [0.1, 0.15) is 29.2 Å². The Hall–Kier alpha value is -2.12.